The predicted octanol–water partition coefficient (Wildman–Crippen LogP) is 1.58. The van der Waals surface area contributed by atoms with Crippen molar-refractivity contribution in [3.8, 4) is 5.69 Å². The maximum atomic E-state index is 13.7. The van der Waals surface area contributed by atoms with E-state index in [0.717, 1.165) is 0 Å². The highest BCUT2D eigenvalue weighted by molar-refractivity contribution is 7.89. The maximum Gasteiger partial charge on any atom is 0.243 e. The summed E-state index contributed by atoms with van der Waals surface area (Å²) in [5, 5.41) is 7.97. The third-order valence-electron chi connectivity index (χ3n) is 3.38. The minimum atomic E-state index is -3.69. The molecule has 2 aromatic heterocycles. The number of para-hydroxylation sites is 1. The van der Waals surface area contributed by atoms with Crippen LogP contribution in [0.4, 0.5) is 4.39 Å². The predicted molar refractivity (Wildman–Crippen MR) is 85.6 cm³/mol. The zero-order valence-electron chi connectivity index (χ0n) is 12.7. The van der Waals surface area contributed by atoms with E-state index in [1.807, 2.05) is 6.20 Å². The molecule has 0 aliphatic carbocycles. The van der Waals surface area contributed by atoms with Gasteiger partial charge in [0.25, 0.3) is 0 Å². The van der Waals surface area contributed by atoms with E-state index in [1.165, 1.54) is 29.2 Å². The fourth-order valence-corrected chi connectivity index (χ4v) is 3.18. The second-order valence-corrected chi connectivity index (χ2v) is 6.86. The van der Waals surface area contributed by atoms with E-state index in [9.17, 15) is 12.8 Å². The molecule has 0 saturated heterocycles. The van der Waals surface area contributed by atoms with E-state index in [4.69, 9.17) is 0 Å². The summed E-state index contributed by atoms with van der Waals surface area (Å²) < 4.78 is 43.6. The van der Waals surface area contributed by atoms with Crippen LogP contribution in [0.3, 0.4) is 0 Å². The Morgan fingerprint density at radius 3 is 2.75 bits per heavy atom. The Morgan fingerprint density at radius 1 is 1.17 bits per heavy atom. The molecule has 0 fully saturated rings. The zero-order valence-corrected chi connectivity index (χ0v) is 13.5. The monoisotopic (exact) mass is 349 g/mol. The van der Waals surface area contributed by atoms with E-state index in [1.54, 1.807) is 29.1 Å². The molecule has 1 N–H and O–H groups in total. The van der Waals surface area contributed by atoms with Crippen LogP contribution in [0.2, 0.25) is 0 Å². The van der Waals surface area contributed by atoms with Crippen molar-refractivity contribution in [2.24, 2.45) is 0 Å². The summed E-state index contributed by atoms with van der Waals surface area (Å²) in [7, 11) is -3.69. The summed E-state index contributed by atoms with van der Waals surface area (Å²) in [5.74, 6) is -0.475. The molecule has 1 aromatic carbocycles. The number of hydrogen-bond donors (Lipinski definition) is 1. The Labute approximate surface area is 138 Å². The lowest BCUT2D eigenvalue weighted by Gasteiger charge is -2.05. The summed E-state index contributed by atoms with van der Waals surface area (Å²) in [5.41, 5.74) is 0.192. The van der Waals surface area contributed by atoms with Crippen LogP contribution in [0.1, 0.15) is 6.42 Å². The fourth-order valence-electron chi connectivity index (χ4n) is 2.18. The topological polar surface area (TPSA) is 81.8 Å². The third-order valence-corrected chi connectivity index (χ3v) is 4.80. The van der Waals surface area contributed by atoms with Crippen molar-refractivity contribution in [2.75, 3.05) is 6.54 Å². The SMILES string of the molecule is O=S(=O)(NCCCn1cccn1)c1cnn(-c2ccccc2F)c1. The molecule has 0 aliphatic heterocycles. The minimum Gasteiger partial charge on any atom is -0.273 e. The third kappa shape index (κ3) is 3.69. The van der Waals surface area contributed by atoms with Gasteiger partial charge in [0.2, 0.25) is 10.0 Å². The number of nitrogens with one attached hydrogen (secondary N) is 1. The van der Waals surface area contributed by atoms with Crippen molar-refractivity contribution in [3.63, 3.8) is 0 Å². The van der Waals surface area contributed by atoms with E-state index < -0.39 is 15.8 Å². The quantitative estimate of drug-likeness (QED) is 0.657. The van der Waals surface area contributed by atoms with Crippen molar-refractivity contribution in [3.05, 3.63) is 60.9 Å². The standard InChI is InChI=1S/C15H16FN5O2S/c16-14-5-1-2-6-15(14)21-12-13(11-18-21)24(22,23)19-8-4-10-20-9-3-7-17-20/h1-3,5-7,9,11-12,19H,4,8,10H2. The molecule has 0 saturated carbocycles. The van der Waals surface area contributed by atoms with Gasteiger partial charge in [0.05, 0.1) is 12.4 Å². The van der Waals surface area contributed by atoms with Crippen LogP contribution in [0.5, 0.6) is 0 Å². The summed E-state index contributed by atoms with van der Waals surface area (Å²) in [6.07, 6.45) is 6.56. The van der Waals surface area contributed by atoms with Crippen LogP contribution in [0, 0.1) is 5.82 Å². The highest BCUT2D eigenvalue weighted by Gasteiger charge is 2.17. The number of halogens is 1. The molecule has 7 nitrogen and oxygen atoms in total. The van der Waals surface area contributed by atoms with Gasteiger partial charge in [0.15, 0.2) is 0 Å². The van der Waals surface area contributed by atoms with Gasteiger partial charge >= 0.3 is 0 Å². The lowest BCUT2D eigenvalue weighted by atomic mass is 10.3. The summed E-state index contributed by atoms with van der Waals surface area (Å²) >= 11 is 0. The molecule has 9 heteroatoms. The van der Waals surface area contributed by atoms with Crippen LogP contribution in [0.15, 0.2) is 60.0 Å². The number of aromatic nitrogens is 4. The largest absolute Gasteiger partial charge is 0.273 e. The smallest absolute Gasteiger partial charge is 0.243 e. The zero-order chi connectivity index (χ0) is 17.0. The molecule has 126 valence electrons. The normalized spacial score (nSPS) is 11.7. The van der Waals surface area contributed by atoms with Gasteiger partial charge in [0, 0.05) is 25.5 Å². The van der Waals surface area contributed by atoms with E-state index in [0.29, 0.717) is 13.0 Å². The van der Waals surface area contributed by atoms with Crippen LogP contribution in [0.25, 0.3) is 5.69 Å². The maximum absolute atomic E-state index is 13.7. The fraction of sp³-hybridized carbons (Fsp3) is 0.200. The molecule has 3 aromatic rings. The van der Waals surface area contributed by atoms with Crippen molar-refractivity contribution < 1.29 is 12.8 Å². The molecular weight excluding hydrogens is 333 g/mol. The van der Waals surface area contributed by atoms with E-state index in [2.05, 4.69) is 14.9 Å². The van der Waals surface area contributed by atoms with Gasteiger partial charge in [0.1, 0.15) is 16.4 Å². The van der Waals surface area contributed by atoms with Crippen LogP contribution in [-0.4, -0.2) is 34.5 Å². The Morgan fingerprint density at radius 2 is 2.00 bits per heavy atom. The molecule has 0 spiro atoms. The highest BCUT2D eigenvalue weighted by atomic mass is 32.2. The van der Waals surface area contributed by atoms with Crippen molar-refractivity contribution in [1.82, 2.24) is 24.3 Å². The van der Waals surface area contributed by atoms with E-state index in [-0.39, 0.29) is 17.1 Å². The van der Waals surface area contributed by atoms with Crippen LogP contribution < -0.4 is 4.72 Å². The molecule has 3 rings (SSSR count). The molecule has 0 atom stereocenters. The number of hydrogen-bond acceptors (Lipinski definition) is 4. The Hall–Kier alpha value is -2.52. The lowest BCUT2D eigenvalue weighted by Crippen LogP contribution is -2.25. The Balaban J connectivity index is 1.64. The molecular formula is C15H16FN5O2S. The number of aryl methyl sites for hydroxylation is 1. The molecule has 2 heterocycles. The Bertz CT molecular complexity index is 906. The van der Waals surface area contributed by atoms with Crippen LogP contribution in [-0.2, 0) is 16.6 Å². The average Bonchev–Trinajstić information content (AvgIpc) is 3.24. The van der Waals surface area contributed by atoms with Gasteiger partial charge < -0.3 is 0 Å². The van der Waals surface area contributed by atoms with Gasteiger partial charge in [-0.25, -0.2) is 22.2 Å². The molecule has 0 aliphatic rings. The molecule has 0 unspecified atom stereocenters. The van der Waals surface area contributed by atoms with Gasteiger partial charge in [-0.3, -0.25) is 4.68 Å². The second kappa shape index (κ2) is 6.93. The van der Waals surface area contributed by atoms with Gasteiger partial charge in [-0.1, -0.05) is 12.1 Å². The number of nitrogens with zero attached hydrogens (tertiary/aromatic N) is 4. The number of rotatable bonds is 7. The molecule has 0 amide bonds. The van der Waals surface area contributed by atoms with Crippen LogP contribution >= 0.6 is 0 Å². The average molecular weight is 349 g/mol. The van der Waals surface area contributed by atoms with Gasteiger partial charge in [-0.2, -0.15) is 10.2 Å². The first-order valence-corrected chi connectivity index (χ1v) is 8.81. The second-order valence-electron chi connectivity index (χ2n) is 5.09. The summed E-state index contributed by atoms with van der Waals surface area (Å²) in [4.78, 5) is -0.00941. The first-order valence-electron chi connectivity index (χ1n) is 7.33. The van der Waals surface area contributed by atoms with E-state index >= 15 is 0 Å². The molecule has 0 radical (unpaired) electrons. The van der Waals surface area contributed by atoms with Crippen molar-refractivity contribution in [1.29, 1.82) is 0 Å². The van der Waals surface area contributed by atoms with Gasteiger partial charge in [-0.05, 0) is 24.6 Å². The lowest BCUT2D eigenvalue weighted by molar-refractivity contribution is 0.553. The number of benzene rings is 1. The first kappa shape index (κ1) is 16.3. The molecule has 24 heavy (non-hydrogen) atoms. The summed E-state index contributed by atoms with van der Waals surface area (Å²) in [6.45, 7) is 0.886. The van der Waals surface area contributed by atoms with Gasteiger partial charge in [-0.15, -0.1) is 0 Å². The summed E-state index contributed by atoms with van der Waals surface area (Å²) in [6, 6.07) is 7.83. The number of sulfonamides is 1. The highest BCUT2D eigenvalue weighted by Crippen LogP contribution is 2.15. The van der Waals surface area contributed by atoms with Crippen molar-refractivity contribution in [2.45, 2.75) is 17.9 Å². The molecule has 0 bridgehead atoms. The minimum absolute atomic E-state index is 0.00941. The Kier molecular flexibility index (Phi) is 4.72. The first-order chi connectivity index (χ1) is 11.6. The van der Waals surface area contributed by atoms with Crippen molar-refractivity contribution >= 4 is 10.0 Å².